The maximum absolute atomic E-state index is 14.0. The molecule has 2 fully saturated rings. The lowest BCUT2D eigenvalue weighted by atomic mass is 10.0. The van der Waals surface area contributed by atoms with E-state index in [0.29, 0.717) is 16.5 Å². The first-order valence-electron chi connectivity index (χ1n) is 7.15. The second-order valence-corrected chi connectivity index (χ2v) is 8.58. The number of nitrogens with one attached hydrogen (secondary N) is 2. The Labute approximate surface area is 144 Å². The van der Waals surface area contributed by atoms with Gasteiger partial charge >= 0.3 is 0 Å². The Hall–Kier alpha value is -0.210. The van der Waals surface area contributed by atoms with Gasteiger partial charge in [-0.1, -0.05) is 12.1 Å². The van der Waals surface area contributed by atoms with E-state index < -0.39 is 10.0 Å². The van der Waals surface area contributed by atoms with Crippen LogP contribution in [-0.4, -0.2) is 32.3 Å². The molecule has 1 saturated carbocycles. The first-order valence-corrected chi connectivity index (χ1v) is 9.49. The molecule has 1 heterocycles. The van der Waals surface area contributed by atoms with E-state index >= 15 is 0 Å². The average Bonchev–Trinajstić information content (AvgIpc) is 3.20. The molecular formula is C14H19BrClFN2O2S. The van der Waals surface area contributed by atoms with Crippen LogP contribution in [0, 0.1) is 5.82 Å². The minimum absolute atomic E-state index is 0. The molecule has 2 aliphatic rings. The molecule has 0 radical (unpaired) electrons. The zero-order valence-electron chi connectivity index (χ0n) is 11.9. The molecule has 8 heteroatoms. The van der Waals surface area contributed by atoms with Crippen molar-refractivity contribution < 1.29 is 12.8 Å². The van der Waals surface area contributed by atoms with Gasteiger partial charge in [0.05, 0.1) is 9.72 Å². The smallest absolute Gasteiger partial charge is 0.214 e. The fraction of sp³-hybridized carbons (Fsp3) is 0.571. The fourth-order valence-corrected chi connectivity index (χ4v) is 4.81. The van der Waals surface area contributed by atoms with Crippen LogP contribution in [0.1, 0.15) is 24.8 Å². The van der Waals surface area contributed by atoms with Gasteiger partial charge in [-0.25, -0.2) is 17.5 Å². The zero-order valence-corrected chi connectivity index (χ0v) is 15.1. The Balaban J connectivity index is 0.00000176. The second-order valence-electron chi connectivity index (χ2n) is 5.74. The molecule has 1 saturated heterocycles. The SMILES string of the molecule is Cl.O=S(=O)(N[C@H]1CCN[C@H]1Cc1cccc(Br)c1F)C1CC1. The summed E-state index contributed by atoms with van der Waals surface area (Å²) in [6.07, 6.45) is 2.72. The van der Waals surface area contributed by atoms with Gasteiger partial charge in [-0.15, -0.1) is 12.4 Å². The summed E-state index contributed by atoms with van der Waals surface area (Å²) in [7, 11) is -3.21. The van der Waals surface area contributed by atoms with E-state index in [-0.39, 0.29) is 35.6 Å². The lowest BCUT2D eigenvalue weighted by Gasteiger charge is -2.21. The third-order valence-corrected chi connectivity index (χ3v) is 6.69. The Morgan fingerprint density at radius 1 is 1.32 bits per heavy atom. The van der Waals surface area contributed by atoms with Crippen molar-refractivity contribution in [1.29, 1.82) is 0 Å². The van der Waals surface area contributed by atoms with Crippen LogP contribution >= 0.6 is 28.3 Å². The second kappa shape index (κ2) is 7.13. The van der Waals surface area contributed by atoms with E-state index in [1.54, 1.807) is 18.2 Å². The Morgan fingerprint density at radius 2 is 2.05 bits per heavy atom. The molecule has 0 aromatic heterocycles. The molecule has 1 aliphatic carbocycles. The monoisotopic (exact) mass is 412 g/mol. The highest BCUT2D eigenvalue weighted by molar-refractivity contribution is 9.10. The highest BCUT2D eigenvalue weighted by Gasteiger charge is 2.39. The quantitative estimate of drug-likeness (QED) is 0.779. The molecular weight excluding hydrogens is 395 g/mol. The van der Waals surface area contributed by atoms with Crippen molar-refractivity contribution in [2.75, 3.05) is 6.54 Å². The molecule has 124 valence electrons. The minimum Gasteiger partial charge on any atom is -0.312 e. The van der Waals surface area contributed by atoms with Crippen LogP contribution in [0.2, 0.25) is 0 Å². The molecule has 2 N–H and O–H groups in total. The number of hydrogen-bond acceptors (Lipinski definition) is 3. The van der Waals surface area contributed by atoms with E-state index in [2.05, 4.69) is 26.0 Å². The first kappa shape index (κ1) is 18.1. The van der Waals surface area contributed by atoms with E-state index in [0.717, 1.165) is 25.8 Å². The molecule has 1 aromatic rings. The van der Waals surface area contributed by atoms with Crippen molar-refractivity contribution in [3.8, 4) is 0 Å². The van der Waals surface area contributed by atoms with E-state index in [9.17, 15) is 12.8 Å². The van der Waals surface area contributed by atoms with E-state index in [1.165, 1.54) is 0 Å². The van der Waals surface area contributed by atoms with Gasteiger partial charge in [-0.2, -0.15) is 0 Å². The van der Waals surface area contributed by atoms with Gasteiger partial charge in [0.2, 0.25) is 10.0 Å². The summed E-state index contributed by atoms with van der Waals surface area (Å²) in [6.45, 7) is 0.748. The maximum atomic E-state index is 14.0. The van der Waals surface area contributed by atoms with Gasteiger partial charge < -0.3 is 5.32 Å². The largest absolute Gasteiger partial charge is 0.312 e. The van der Waals surface area contributed by atoms with Crippen molar-refractivity contribution in [2.24, 2.45) is 0 Å². The summed E-state index contributed by atoms with van der Waals surface area (Å²) in [4.78, 5) is 0. The lowest BCUT2D eigenvalue weighted by Crippen LogP contribution is -2.45. The molecule has 0 unspecified atom stereocenters. The van der Waals surface area contributed by atoms with Gasteiger partial charge in [0.25, 0.3) is 0 Å². The maximum Gasteiger partial charge on any atom is 0.214 e. The summed E-state index contributed by atoms with van der Waals surface area (Å²) in [5.74, 6) is -0.269. The number of halogens is 3. The molecule has 3 rings (SSSR count). The molecule has 2 atom stereocenters. The van der Waals surface area contributed by atoms with Gasteiger partial charge in [-0.3, -0.25) is 0 Å². The minimum atomic E-state index is -3.21. The van der Waals surface area contributed by atoms with Crippen LogP contribution in [0.5, 0.6) is 0 Å². The van der Waals surface area contributed by atoms with Crippen LogP contribution in [0.3, 0.4) is 0 Å². The van der Waals surface area contributed by atoms with Crippen molar-refractivity contribution in [1.82, 2.24) is 10.0 Å². The van der Waals surface area contributed by atoms with Crippen LogP contribution in [0.25, 0.3) is 0 Å². The van der Waals surface area contributed by atoms with Crippen molar-refractivity contribution in [3.63, 3.8) is 0 Å². The Bertz CT molecular complexity index is 640. The summed E-state index contributed by atoms with van der Waals surface area (Å²) in [5, 5.41) is 3.05. The predicted octanol–water partition coefficient (Wildman–Crippen LogP) is 2.36. The molecule has 0 amide bonds. The summed E-state index contributed by atoms with van der Waals surface area (Å²) in [6, 6.07) is 4.97. The highest BCUT2D eigenvalue weighted by atomic mass is 79.9. The van der Waals surface area contributed by atoms with Crippen molar-refractivity contribution in [2.45, 2.75) is 43.0 Å². The third kappa shape index (κ3) is 4.00. The van der Waals surface area contributed by atoms with Crippen molar-refractivity contribution in [3.05, 3.63) is 34.1 Å². The van der Waals surface area contributed by atoms with Crippen LogP contribution in [0.15, 0.2) is 22.7 Å². The molecule has 1 aromatic carbocycles. The van der Waals surface area contributed by atoms with Crippen LogP contribution < -0.4 is 10.0 Å². The third-order valence-electron chi connectivity index (χ3n) is 4.10. The summed E-state index contributed by atoms with van der Waals surface area (Å²) >= 11 is 3.18. The Kier molecular flexibility index (Phi) is 5.88. The number of hydrogen-bond donors (Lipinski definition) is 2. The van der Waals surface area contributed by atoms with Crippen LogP contribution in [-0.2, 0) is 16.4 Å². The number of sulfonamides is 1. The van der Waals surface area contributed by atoms with Gasteiger partial charge in [-0.05, 0) is 59.8 Å². The molecule has 4 nitrogen and oxygen atoms in total. The normalized spacial score (nSPS) is 25.0. The molecule has 1 aliphatic heterocycles. The van der Waals surface area contributed by atoms with Gasteiger partial charge in [0.1, 0.15) is 5.82 Å². The average molecular weight is 414 g/mol. The predicted molar refractivity (Wildman–Crippen MR) is 90.3 cm³/mol. The van der Waals surface area contributed by atoms with E-state index in [1.807, 2.05) is 0 Å². The zero-order chi connectivity index (χ0) is 15.0. The summed E-state index contributed by atoms with van der Waals surface area (Å²) in [5.41, 5.74) is 0.597. The van der Waals surface area contributed by atoms with Gasteiger partial charge in [0.15, 0.2) is 0 Å². The van der Waals surface area contributed by atoms with E-state index in [4.69, 9.17) is 0 Å². The first-order chi connectivity index (χ1) is 9.97. The molecule has 0 bridgehead atoms. The van der Waals surface area contributed by atoms with Crippen molar-refractivity contribution >= 4 is 38.4 Å². The Morgan fingerprint density at radius 3 is 2.73 bits per heavy atom. The lowest BCUT2D eigenvalue weighted by molar-refractivity contribution is 0.482. The fourth-order valence-electron chi connectivity index (χ4n) is 2.75. The summed E-state index contributed by atoms with van der Waals surface area (Å²) < 4.78 is 41.4. The standard InChI is InChI=1S/C14H18BrFN2O2S.ClH/c15-11-3-1-2-9(14(11)16)8-13-12(6-7-17-13)18-21(19,20)10-4-5-10;/h1-3,10,12-13,17-18H,4-8H2;1H/t12-,13-;/m0./s1. The molecule has 0 spiro atoms. The number of rotatable bonds is 5. The topological polar surface area (TPSA) is 58.2 Å². The molecule has 22 heavy (non-hydrogen) atoms. The van der Waals surface area contributed by atoms with Gasteiger partial charge in [0, 0.05) is 12.1 Å². The van der Waals surface area contributed by atoms with Crippen LogP contribution in [0.4, 0.5) is 4.39 Å². The number of benzene rings is 1. The highest BCUT2D eigenvalue weighted by Crippen LogP contribution is 2.29.